The van der Waals surface area contributed by atoms with Crippen LogP contribution in [0.5, 0.6) is 0 Å². The SMILES string of the molecule is Cc1cccc(Nc2cncc([C@H]3CCCN(CC(N)=O)C3)n2)n1. The number of hydrogen-bond donors (Lipinski definition) is 2. The van der Waals surface area contributed by atoms with Gasteiger partial charge < -0.3 is 11.1 Å². The number of piperidine rings is 1. The zero-order chi connectivity index (χ0) is 16.9. The molecule has 2 aromatic rings. The fourth-order valence-corrected chi connectivity index (χ4v) is 3.04. The molecule has 0 aromatic carbocycles. The molecule has 1 fully saturated rings. The van der Waals surface area contributed by atoms with Crippen molar-refractivity contribution < 1.29 is 4.79 Å². The highest BCUT2D eigenvalue weighted by Crippen LogP contribution is 2.26. The quantitative estimate of drug-likeness (QED) is 0.866. The van der Waals surface area contributed by atoms with Crippen molar-refractivity contribution >= 4 is 17.5 Å². The van der Waals surface area contributed by atoms with Crippen LogP contribution in [0.4, 0.5) is 11.6 Å². The Morgan fingerprint density at radius 2 is 2.21 bits per heavy atom. The van der Waals surface area contributed by atoms with Crippen molar-refractivity contribution in [1.29, 1.82) is 0 Å². The number of likely N-dealkylation sites (tertiary alicyclic amines) is 1. The third kappa shape index (κ3) is 4.26. The minimum Gasteiger partial charge on any atom is -0.369 e. The summed E-state index contributed by atoms with van der Waals surface area (Å²) >= 11 is 0. The second-order valence-corrected chi connectivity index (χ2v) is 6.16. The minimum atomic E-state index is -0.289. The van der Waals surface area contributed by atoms with Crippen LogP contribution in [0, 0.1) is 6.92 Å². The Kier molecular flexibility index (Phi) is 5.00. The van der Waals surface area contributed by atoms with Crippen LogP contribution in [0.15, 0.2) is 30.6 Å². The fraction of sp³-hybridized carbons (Fsp3) is 0.412. The summed E-state index contributed by atoms with van der Waals surface area (Å²) in [4.78, 5) is 26.6. The molecule has 126 valence electrons. The predicted molar refractivity (Wildman–Crippen MR) is 91.9 cm³/mol. The third-order valence-corrected chi connectivity index (χ3v) is 4.10. The number of nitrogens with two attached hydrogens (primary N) is 1. The van der Waals surface area contributed by atoms with E-state index >= 15 is 0 Å². The normalized spacial score (nSPS) is 18.3. The van der Waals surface area contributed by atoms with Crippen molar-refractivity contribution in [2.75, 3.05) is 25.0 Å². The molecule has 3 heterocycles. The first-order valence-corrected chi connectivity index (χ1v) is 8.13. The summed E-state index contributed by atoms with van der Waals surface area (Å²) in [6.45, 7) is 3.93. The van der Waals surface area contributed by atoms with Gasteiger partial charge in [0.2, 0.25) is 5.91 Å². The van der Waals surface area contributed by atoms with Crippen molar-refractivity contribution in [2.24, 2.45) is 5.73 Å². The predicted octanol–water partition coefficient (Wildman–Crippen LogP) is 1.59. The van der Waals surface area contributed by atoms with Gasteiger partial charge in [0, 0.05) is 24.4 Å². The van der Waals surface area contributed by atoms with Crippen LogP contribution in [0.3, 0.4) is 0 Å². The van der Waals surface area contributed by atoms with E-state index in [1.54, 1.807) is 12.4 Å². The molecule has 3 N–H and O–H groups in total. The Balaban J connectivity index is 1.71. The standard InChI is InChI=1S/C17H22N6O/c1-12-4-2-6-16(20-12)22-17-9-19-8-14(21-17)13-5-3-7-23(10-13)11-15(18)24/h2,4,6,8-9,13H,3,5,7,10-11H2,1H3,(H2,18,24)(H,20,21,22)/t13-/m0/s1. The first kappa shape index (κ1) is 16.3. The lowest BCUT2D eigenvalue weighted by Gasteiger charge is -2.31. The largest absolute Gasteiger partial charge is 0.369 e. The molecule has 1 amide bonds. The number of rotatable bonds is 5. The molecule has 0 spiro atoms. The van der Waals surface area contributed by atoms with Crippen LogP contribution >= 0.6 is 0 Å². The number of aromatic nitrogens is 3. The summed E-state index contributed by atoms with van der Waals surface area (Å²) in [5, 5.41) is 3.20. The van der Waals surface area contributed by atoms with Gasteiger partial charge in [-0.05, 0) is 38.4 Å². The highest BCUT2D eigenvalue weighted by atomic mass is 16.1. The maximum atomic E-state index is 11.1. The second-order valence-electron chi connectivity index (χ2n) is 6.16. The average molecular weight is 326 g/mol. The van der Waals surface area contributed by atoms with Crippen LogP contribution in [0.1, 0.15) is 30.1 Å². The summed E-state index contributed by atoms with van der Waals surface area (Å²) in [6.07, 6.45) is 5.55. The molecular weight excluding hydrogens is 304 g/mol. The molecule has 0 radical (unpaired) electrons. The zero-order valence-corrected chi connectivity index (χ0v) is 13.8. The van der Waals surface area contributed by atoms with Crippen LogP contribution in [0.25, 0.3) is 0 Å². The number of anilines is 2. The van der Waals surface area contributed by atoms with Gasteiger partial charge in [-0.2, -0.15) is 0 Å². The molecule has 1 saturated heterocycles. The topological polar surface area (TPSA) is 97.0 Å². The van der Waals surface area contributed by atoms with Gasteiger partial charge >= 0.3 is 0 Å². The molecule has 0 bridgehead atoms. The van der Waals surface area contributed by atoms with Gasteiger partial charge in [-0.1, -0.05) is 6.07 Å². The lowest BCUT2D eigenvalue weighted by molar-refractivity contribution is -0.119. The van der Waals surface area contributed by atoms with Gasteiger partial charge in [-0.3, -0.25) is 14.7 Å². The maximum Gasteiger partial charge on any atom is 0.231 e. The van der Waals surface area contributed by atoms with Crippen molar-refractivity contribution in [3.63, 3.8) is 0 Å². The lowest BCUT2D eigenvalue weighted by Crippen LogP contribution is -2.40. The fourth-order valence-electron chi connectivity index (χ4n) is 3.04. The Bertz CT molecular complexity index is 720. The van der Waals surface area contributed by atoms with E-state index in [-0.39, 0.29) is 11.8 Å². The molecule has 7 nitrogen and oxygen atoms in total. The molecule has 1 aliphatic heterocycles. The van der Waals surface area contributed by atoms with Crippen molar-refractivity contribution in [3.8, 4) is 0 Å². The van der Waals surface area contributed by atoms with Gasteiger partial charge in [0.1, 0.15) is 11.6 Å². The number of pyridine rings is 1. The van der Waals surface area contributed by atoms with E-state index in [2.05, 4.69) is 25.2 Å². The molecule has 0 saturated carbocycles. The van der Waals surface area contributed by atoms with E-state index in [1.165, 1.54) is 0 Å². The van der Waals surface area contributed by atoms with E-state index in [0.717, 1.165) is 43.1 Å². The monoisotopic (exact) mass is 326 g/mol. The number of carbonyl (C=O) groups is 1. The molecule has 2 aromatic heterocycles. The smallest absolute Gasteiger partial charge is 0.231 e. The maximum absolute atomic E-state index is 11.1. The van der Waals surface area contributed by atoms with Gasteiger partial charge in [0.15, 0.2) is 0 Å². The first-order valence-electron chi connectivity index (χ1n) is 8.13. The van der Waals surface area contributed by atoms with E-state index < -0.39 is 0 Å². The van der Waals surface area contributed by atoms with Crippen LogP contribution in [0.2, 0.25) is 0 Å². The first-order chi connectivity index (χ1) is 11.6. The van der Waals surface area contributed by atoms with Crippen LogP contribution in [-0.4, -0.2) is 45.4 Å². The number of carbonyl (C=O) groups excluding carboxylic acids is 1. The summed E-state index contributed by atoms with van der Waals surface area (Å²) < 4.78 is 0. The Hall–Kier alpha value is -2.54. The summed E-state index contributed by atoms with van der Waals surface area (Å²) in [6, 6.07) is 5.80. The Morgan fingerprint density at radius 3 is 3.00 bits per heavy atom. The number of primary amides is 1. The molecule has 0 aliphatic carbocycles. The lowest BCUT2D eigenvalue weighted by atomic mass is 9.95. The molecular formula is C17H22N6O. The molecule has 3 rings (SSSR count). The minimum absolute atomic E-state index is 0.262. The molecule has 7 heteroatoms. The Labute approximate surface area is 141 Å². The van der Waals surface area contributed by atoms with Crippen molar-refractivity contribution in [1.82, 2.24) is 19.9 Å². The van der Waals surface area contributed by atoms with E-state index in [4.69, 9.17) is 5.73 Å². The number of amides is 1. The molecule has 1 aliphatic rings. The summed E-state index contributed by atoms with van der Waals surface area (Å²) in [7, 11) is 0. The number of nitrogens with one attached hydrogen (secondary N) is 1. The number of hydrogen-bond acceptors (Lipinski definition) is 6. The zero-order valence-electron chi connectivity index (χ0n) is 13.8. The number of aryl methyl sites for hydroxylation is 1. The second kappa shape index (κ2) is 7.35. The highest BCUT2D eigenvalue weighted by Gasteiger charge is 2.23. The Morgan fingerprint density at radius 1 is 1.33 bits per heavy atom. The molecule has 1 atom stereocenters. The molecule has 0 unspecified atom stereocenters. The number of nitrogens with zero attached hydrogens (tertiary/aromatic N) is 4. The van der Waals surface area contributed by atoms with Crippen molar-refractivity contribution in [3.05, 3.63) is 42.0 Å². The van der Waals surface area contributed by atoms with Crippen LogP contribution in [-0.2, 0) is 4.79 Å². The van der Waals surface area contributed by atoms with E-state index in [0.29, 0.717) is 12.4 Å². The highest BCUT2D eigenvalue weighted by molar-refractivity contribution is 5.75. The summed E-state index contributed by atoms with van der Waals surface area (Å²) in [5.41, 5.74) is 7.18. The van der Waals surface area contributed by atoms with Gasteiger partial charge in [-0.25, -0.2) is 9.97 Å². The average Bonchev–Trinajstić information content (AvgIpc) is 2.55. The van der Waals surface area contributed by atoms with E-state index in [9.17, 15) is 4.79 Å². The van der Waals surface area contributed by atoms with Gasteiger partial charge in [0.25, 0.3) is 0 Å². The third-order valence-electron chi connectivity index (χ3n) is 4.10. The van der Waals surface area contributed by atoms with Crippen LogP contribution < -0.4 is 11.1 Å². The van der Waals surface area contributed by atoms with Crippen molar-refractivity contribution in [2.45, 2.75) is 25.7 Å². The van der Waals surface area contributed by atoms with Gasteiger partial charge in [0.05, 0.1) is 18.4 Å². The van der Waals surface area contributed by atoms with Gasteiger partial charge in [-0.15, -0.1) is 0 Å². The molecule has 24 heavy (non-hydrogen) atoms. The summed E-state index contributed by atoms with van der Waals surface area (Å²) in [5.74, 6) is 1.40. The van der Waals surface area contributed by atoms with E-state index in [1.807, 2.05) is 25.1 Å².